The molecule has 7 atom stereocenters. The molecule has 0 bridgehead atoms. The van der Waals surface area contributed by atoms with Gasteiger partial charge in [-0.05, 0) is 65.0 Å². The standard InChI is InChI=1S/2C24H26F2N2O6/c1-12-8-17-22(34-12)24(2,6-7-33-3)21(31)18-20(30)19(29)15(11-28(17)18)23(32)27-10-13-4-5-14(25)9-16(13)26;1-24(7-9-33-2)21(31)18-20(30)19(29)15(12-28(18)17-4-3-8-34-22(17)24)23(32)27-11-13-5-6-14(25)10-16(13)26/h4-5,9,11-12,17,22,30H,6-8,10H2,1-3H3,(H,27,32);5-6,10,12,17,22,30H,3-4,7-9,11H2,1-2H3,(H,27,32). The number of hydrogen-bond donors (Lipinski definition) is 4. The number of fused-ring (bicyclic) bond motifs is 6. The van der Waals surface area contributed by atoms with Crippen molar-refractivity contribution in [2.45, 2.75) is 96.4 Å². The lowest BCUT2D eigenvalue weighted by molar-refractivity contribution is -0.0935. The van der Waals surface area contributed by atoms with Gasteiger partial charge in [0.2, 0.25) is 10.9 Å². The number of hydrogen-bond acceptors (Lipinski definition) is 12. The summed E-state index contributed by atoms with van der Waals surface area (Å²) in [5.41, 5.74) is -5.09. The number of halogens is 4. The zero-order chi connectivity index (χ0) is 49.4. The molecule has 2 aromatic carbocycles. The second kappa shape index (κ2) is 19.8. The van der Waals surface area contributed by atoms with Gasteiger partial charge in [-0.1, -0.05) is 12.1 Å². The predicted octanol–water partition coefficient (Wildman–Crippen LogP) is 5.44. The number of Topliss-reactive ketones (excluding diaryl/α,β-unsaturated/α-hetero) is 2. The number of aromatic nitrogens is 2. The van der Waals surface area contributed by atoms with Gasteiger partial charge in [0.25, 0.3) is 11.8 Å². The summed E-state index contributed by atoms with van der Waals surface area (Å²) >= 11 is 0. The molecule has 0 spiro atoms. The first-order chi connectivity index (χ1) is 32.3. The van der Waals surface area contributed by atoms with Crippen LogP contribution in [0.4, 0.5) is 17.6 Å². The number of ether oxygens (including phenoxy) is 4. The molecule has 20 heteroatoms. The Morgan fingerprint density at radius 2 is 1.19 bits per heavy atom. The Morgan fingerprint density at radius 3 is 1.65 bits per heavy atom. The van der Waals surface area contributed by atoms with Gasteiger partial charge in [-0.25, -0.2) is 17.6 Å². The lowest BCUT2D eigenvalue weighted by Gasteiger charge is -2.48. The molecule has 4 N–H and O–H groups in total. The van der Waals surface area contributed by atoms with Crippen molar-refractivity contribution in [3.05, 3.63) is 126 Å². The lowest BCUT2D eigenvalue weighted by Crippen LogP contribution is -2.54. The number of amides is 2. The quantitative estimate of drug-likeness (QED) is 0.131. The average Bonchev–Trinajstić information content (AvgIpc) is 3.72. The molecular formula is C48H52F4N4O12. The van der Waals surface area contributed by atoms with Crippen LogP contribution in [-0.4, -0.2) is 95.1 Å². The van der Waals surface area contributed by atoms with Crippen molar-refractivity contribution in [1.29, 1.82) is 0 Å². The summed E-state index contributed by atoms with van der Waals surface area (Å²) in [4.78, 5) is 78.4. The maximum absolute atomic E-state index is 13.9. The van der Waals surface area contributed by atoms with E-state index in [9.17, 15) is 56.5 Å². The van der Waals surface area contributed by atoms with E-state index in [1.165, 1.54) is 47.9 Å². The third kappa shape index (κ3) is 9.09. The van der Waals surface area contributed by atoms with Crippen LogP contribution in [0.2, 0.25) is 0 Å². The molecule has 2 amide bonds. The van der Waals surface area contributed by atoms with E-state index >= 15 is 0 Å². The number of methoxy groups -OCH3 is 2. The number of carbonyl (C=O) groups is 4. The number of ketones is 2. The third-order valence-electron chi connectivity index (χ3n) is 13.5. The van der Waals surface area contributed by atoms with Crippen molar-refractivity contribution in [2.75, 3.05) is 34.0 Å². The minimum absolute atomic E-state index is 0.0270. The van der Waals surface area contributed by atoms with E-state index < -0.39 is 104 Å². The minimum Gasteiger partial charge on any atom is -0.503 e. The predicted molar refractivity (Wildman–Crippen MR) is 234 cm³/mol. The highest BCUT2D eigenvalue weighted by atomic mass is 19.1. The number of rotatable bonds is 12. The van der Waals surface area contributed by atoms with E-state index in [-0.39, 0.29) is 59.9 Å². The van der Waals surface area contributed by atoms with Crippen LogP contribution in [0.5, 0.6) is 11.5 Å². The second-order valence-electron chi connectivity index (χ2n) is 17.9. The zero-order valence-electron chi connectivity index (χ0n) is 38.0. The van der Waals surface area contributed by atoms with Crippen molar-refractivity contribution < 1.29 is 65.9 Å². The largest absolute Gasteiger partial charge is 0.503 e. The normalized spacial score (nSPS) is 24.8. The third-order valence-corrected chi connectivity index (χ3v) is 13.5. The summed E-state index contributed by atoms with van der Waals surface area (Å²) in [7, 11) is 3.04. The first kappa shape index (κ1) is 49.7. The molecule has 0 aliphatic carbocycles. The van der Waals surface area contributed by atoms with Crippen molar-refractivity contribution in [2.24, 2.45) is 10.8 Å². The van der Waals surface area contributed by atoms with Crippen molar-refractivity contribution in [3.8, 4) is 11.5 Å². The Kier molecular flexibility index (Phi) is 14.5. The molecule has 6 heterocycles. The Bertz CT molecular complexity index is 2640. The highest BCUT2D eigenvalue weighted by molar-refractivity contribution is 6.05. The van der Waals surface area contributed by atoms with E-state index in [1.807, 2.05) is 6.92 Å². The number of benzene rings is 2. The summed E-state index contributed by atoms with van der Waals surface area (Å²) in [6, 6.07) is 5.09. The van der Waals surface area contributed by atoms with E-state index in [4.69, 9.17) is 18.9 Å². The number of nitrogens with one attached hydrogen (secondary N) is 2. The summed E-state index contributed by atoms with van der Waals surface area (Å²) in [5.74, 6) is -7.44. The lowest BCUT2D eigenvalue weighted by atomic mass is 9.69. The molecule has 2 aromatic heterocycles. The van der Waals surface area contributed by atoms with Gasteiger partial charge in [-0.3, -0.25) is 28.8 Å². The van der Waals surface area contributed by atoms with Gasteiger partial charge in [-0.2, -0.15) is 0 Å². The molecule has 4 aliphatic rings. The number of nitrogens with zero attached hydrogens (tertiary/aromatic N) is 2. The van der Waals surface area contributed by atoms with Gasteiger partial charge in [0.15, 0.2) is 23.1 Å². The Morgan fingerprint density at radius 1 is 0.735 bits per heavy atom. The molecular weight excluding hydrogens is 901 g/mol. The summed E-state index contributed by atoms with van der Waals surface area (Å²) in [6.07, 6.45) is 3.76. The average molecular weight is 953 g/mol. The van der Waals surface area contributed by atoms with Crippen LogP contribution < -0.4 is 21.5 Å². The monoisotopic (exact) mass is 952 g/mol. The highest BCUT2D eigenvalue weighted by Gasteiger charge is 2.56. The Balaban J connectivity index is 0.000000201. The van der Waals surface area contributed by atoms with Crippen LogP contribution in [-0.2, 0) is 32.0 Å². The Hall–Kier alpha value is -6.22. The van der Waals surface area contributed by atoms with E-state index in [2.05, 4.69) is 10.6 Å². The first-order valence-electron chi connectivity index (χ1n) is 22.0. The molecule has 2 fully saturated rings. The molecule has 4 aromatic rings. The molecule has 8 rings (SSSR count). The fraction of sp³-hybridized carbons (Fsp3) is 0.458. The summed E-state index contributed by atoms with van der Waals surface area (Å²) in [6.45, 7) is 5.79. The summed E-state index contributed by atoms with van der Waals surface area (Å²) < 4.78 is 79.4. The topological polar surface area (TPSA) is 214 Å². The molecule has 364 valence electrons. The summed E-state index contributed by atoms with van der Waals surface area (Å²) in [5, 5.41) is 26.3. The number of carbonyl (C=O) groups excluding carboxylic acids is 4. The van der Waals surface area contributed by atoms with Gasteiger partial charge in [0.05, 0.1) is 41.2 Å². The zero-order valence-corrected chi connectivity index (χ0v) is 38.0. The fourth-order valence-corrected chi connectivity index (χ4v) is 9.70. The van der Waals surface area contributed by atoms with Crippen LogP contribution >= 0.6 is 0 Å². The van der Waals surface area contributed by atoms with Crippen LogP contribution in [0.3, 0.4) is 0 Å². The van der Waals surface area contributed by atoms with Gasteiger partial charge in [0, 0.05) is 82.8 Å². The SMILES string of the molecule is COCCC1(C)C(=O)c2c(O)c(=O)c(C(=O)NCc3ccc(F)cc3F)cn2C2CC(C)OC21.COCCC1(C)C(=O)c2c(O)c(=O)c(C(=O)NCc3ccc(F)cc3F)cn2C2CCCOC21. The molecule has 0 saturated carbocycles. The second-order valence-corrected chi connectivity index (χ2v) is 17.9. The van der Waals surface area contributed by atoms with Crippen molar-refractivity contribution in [1.82, 2.24) is 19.8 Å². The van der Waals surface area contributed by atoms with Crippen LogP contribution in [0.25, 0.3) is 0 Å². The molecule has 2 saturated heterocycles. The van der Waals surface area contributed by atoms with Crippen LogP contribution in [0.1, 0.15) is 118 Å². The van der Waals surface area contributed by atoms with E-state index in [1.54, 1.807) is 13.8 Å². The molecule has 68 heavy (non-hydrogen) atoms. The van der Waals surface area contributed by atoms with Gasteiger partial charge >= 0.3 is 0 Å². The van der Waals surface area contributed by atoms with Gasteiger partial charge in [-0.15, -0.1) is 0 Å². The molecule has 7 unspecified atom stereocenters. The number of pyridine rings is 2. The van der Waals surface area contributed by atoms with E-state index in [0.29, 0.717) is 57.5 Å². The Labute approximate surface area is 387 Å². The van der Waals surface area contributed by atoms with Crippen LogP contribution in [0, 0.1) is 34.1 Å². The fourth-order valence-electron chi connectivity index (χ4n) is 9.70. The van der Waals surface area contributed by atoms with Crippen LogP contribution in [0.15, 0.2) is 58.4 Å². The molecule has 4 aliphatic heterocycles. The van der Waals surface area contributed by atoms with Gasteiger partial charge < -0.3 is 48.9 Å². The molecule has 16 nitrogen and oxygen atoms in total. The van der Waals surface area contributed by atoms with Crippen molar-refractivity contribution >= 4 is 23.4 Å². The maximum atomic E-state index is 13.9. The van der Waals surface area contributed by atoms with Gasteiger partial charge in [0.1, 0.15) is 45.8 Å². The van der Waals surface area contributed by atoms with E-state index in [0.717, 1.165) is 12.1 Å². The smallest absolute Gasteiger partial charge is 0.257 e. The highest BCUT2D eigenvalue weighted by Crippen LogP contribution is 2.50. The number of aromatic hydroxyl groups is 2. The first-order valence-corrected chi connectivity index (χ1v) is 22.0. The maximum Gasteiger partial charge on any atom is 0.257 e. The van der Waals surface area contributed by atoms with Crippen molar-refractivity contribution in [3.63, 3.8) is 0 Å². The minimum atomic E-state index is -1.03. The molecule has 0 radical (unpaired) electrons.